The number of hydrogen-bond acceptors (Lipinski definition) is 2. The fraction of sp³-hybridized carbons (Fsp3) is 0.588. The fourth-order valence-corrected chi connectivity index (χ4v) is 3.15. The van der Waals surface area contributed by atoms with Gasteiger partial charge in [0.05, 0.1) is 0 Å². The van der Waals surface area contributed by atoms with Crippen LogP contribution in [0.3, 0.4) is 0 Å². The van der Waals surface area contributed by atoms with Gasteiger partial charge in [-0.25, -0.2) is 0 Å². The maximum Gasteiger partial charge on any atom is 0.191 e. The van der Waals surface area contributed by atoms with E-state index in [0.717, 1.165) is 30.3 Å². The van der Waals surface area contributed by atoms with Crippen molar-refractivity contribution in [2.75, 3.05) is 7.05 Å². The van der Waals surface area contributed by atoms with Crippen molar-refractivity contribution in [3.8, 4) is 5.75 Å². The van der Waals surface area contributed by atoms with E-state index in [9.17, 15) is 5.11 Å². The van der Waals surface area contributed by atoms with Gasteiger partial charge in [-0.2, -0.15) is 0 Å². The molecule has 4 nitrogen and oxygen atoms in total. The average molecular weight is 287 g/mol. The van der Waals surface area contributed by atoms with Crippen LogP contribution >= 0.6 is 0 Å². The Hall–Kier alpha value is -1.71. The first-order valence-electron chi connectivity index (χ1n) is 7.99. The highest BCUT2D eigenvalue weighted by molar-refractivity contribution is 5.80. The second-order valence-electron chi connectivity index (χ2n) is 6.30. The molecule has 3 N–H and O–H groups in total. The van der Waals surface area contributed by atoms with Crippen LogP contribution in [0.15, 0.2) is 17.1 Å². The number of guanidine groups is 1. The van der Waals surface area contributed by atoms with Gasteiger partial charge in [-0.3, -0.25) is 4.99 Å². The van der Waals surface area contributed by atoms with Gasteiger partial charge in [-0.05, 0) is 55.2 Å². The molecule has 0 radical (unpaired) electrons. The zero-order valence-electron chi connectivity index (χ0n) is 12.9. The highest BCUT2D eigenvalue weighted by Crippen LogP contribution is 2.31. The molecular formula is C17H25N3O. The van der Waals surface area contributed by atoms with Gasteiger partial charge in [0.1, 0.15) is 5.75 Å². The molecule has 0 saturated heterocycles. The number of phenols is 1. The summed E-state index contributed by atoms with van der Waals surface area (Å²) >= 11 is 0. The number of nitrogens with one attached hydrogen (secondary N) is 2. The molecule has 0 heterocycles. The van der Waals surface area contributed by atoms with Crippen LogP contribution in [0, 0.1) is 5.92 Å². The van der Waals surface area contributed by atoms with Crippen molar-refractivity contribution < 1.29 is 5.11 Å². The van der Waals surface area contributed by atoms with Crippen molar-refractivity contribution in [2.45, 2.75) is 51.6 Å². The van der Waals surface area contributed by atoms with Crippen molar-refractivity contribution in [1.29, 1.82) is 0 Å². The smallest absolute Gasteiger partial charge is 0.191 e. The molecular weight excluding hydrogens is 262 g/mol. The summed E-state index contributed by atoms with van der Waals surface area (Å²) in [5, 5.41) is 17.0. The average Bonchev–Trinajstić information content (AvgIpc) is 3.20. The Bertz CT molecular complexity index is 553. The number of nitrogens with zero attached hydrogens (tertiary/aromatic N) is 1. The van der Waals surface area contributed by atoms with Gasteiger partial charge in [0.15, 0.2) is 5.96 Å². The van der Waals surface area contributed by atoms with Crippen molar-refractivity contribution in [3.05, 3.63) is 28.8 Å². The minimum Gasteiger partial charge on any atom is -0.508 e. The molecule has 1 fully saturated rings. The maximum atomic E-state index is 10.2. The summed E-state index contributed by atoms with van der Waals surface area (Å²) < 4.78 is 0. The fourth-order valence-electron chi connectivity index (χ4n) is 3.15. The monoisotopic (exact) mass is 287 g/mol. The number of aromatic hydroxyl groups is 1. The van der Waals surface area contributed by atoms with Crippen LogP contribution in [0.5, 0.6) is 5.75 Å². The van der Waals surface area contributed by atoms with E-state index in [1.807, 2.05) is 6.07 Å². The van der Waals surface area contributed by atoms with Gasteiger partial charge in [-0.15, -0.1) is 0 Å². The van der Waals surface area contributed by atoms with Crippen molar-refractivity contribution in [3.63, 3.8) is 0 Å². The molecule has 4 heteroatoms. The molecule has 0 aliphatic heterocycles. The molecule has 0 amide bonds. The summed E-state index contributed by atoms with van der Waals surface area (Å²) in [4.78, 5) is 4.27. The van der Waals surface area contributed by atoms with Crippen molar-refractivity contribution >= 4 is 5.96 Å². The van der Waals surface area contributed by atoms with Crippen LogP contribution in [0.25, 0.3) is 0 Å². The van der Waals surface area contributed by atoms with E-state index < -0.39 is 0 Å². The number of aryl methyl sites for hydroxylation is 1. The number of phenolic OH excluding ortho intramolecular Hbond substituents is 1. The molecule has 0 aromatic heterocycles. The summed E-state index contributed by atoms with van der Waals surface area (Å²) in [5.74, 6) is 1.97. The Morgan fingerprint density at radius 3 is 2.81 bits per heavy atom. The molecule has 0 spiro atoms. The SMILES string of the molecule is CN=C(NCc1c(O)ccc2c1CCCC2)NC1CC1C. The molecule has 2 unspecified atom stereocenters. The van der Waals surface area contributed by atoms with Crippen LogP contribution in [0.1, 0.15) is 42.9 Å². The number of benzene rings is 1. The lowest BCUT2D eigenvalue weighted by atomic mass is 9.88. The van der Waals surface area contributed by atoms with Gasteiger partial charge < -0.3 is 15.7 Å². The molecule has 2 aliphatic rings. The van der Waals surface area contributed by atoms with Crippen LogP contribution in [0.2, 0.25) is 0 Å². The van der Waals surface area contributed by atoms with Crippen molar-refractivity contribution in [1.82, 2.24) is 10.6 Å². The first kappa shape index (κ1) is 14.2. The highest BCUT2D eigenvalue weighted by atomic mass is 16.3. The first-order chi connectivity index (χ1) is 10.2. The first-order valence-corrected chi connectivity index (χ1v) is 7.99. The van der Waals surface area contributed by atoms with E-state index >= 15 is 0 Å². The molecule has 1 aromatic rings. The second-order valence-corrected chi connectivity index (χ2v) is 6.30. The zero-order chi connectivity index (χ0) is 14.8. The number of aliphatic imine (C=N–C) groups is 1. The minimum absolute atomic E-state index is 0.401. The van der Waals surface area contributed by atoms with Crippen LogP contribution in [0.4, 0.5) is 0 Å². The van der Waals surface area contributed by atoms with E-state index in [-0.39, 0.29) is 0 Å². The summed E-state index contributed by atoms with van der Waals surface area (Å²) in [7, 11) is 1.79. The normalized spacial score (nSPS) is 24.4. The Labute approximate surface area is 126 Å². The second kappa shape index (κ2) is 5.96. The Morgan fingerprint density at radius 2 is 2.10 bits per heavy atom. The lowest BCUT2D eigenvalue weighted by molar-refractivity contribution is 0.464. The van der Waals surface area contributed by atoms with Crippen molar-refractivity contribution in [2.24, 2.45) is 10.9 Å². The summed E-state index contributed by atoms with van der Waals surface area (Å²) in [5.41, 5.74) is 3.78. The van der Waals surface area contributed by atoms with Gasteiger partial charge in [0.25, 0.3) is 0 Å². The maximum absolute atomic E-state index is 10.2. The highest BCUT2D eigenvalue weighted by Gasteiger charge is 2.33. The van der Waals surface area contributed by atoms with Gasteiger partial charge in [0.2, 0.25) is 0 Å². The van der Waals surface area contributed by atoms with Gasteiger partial charge in [-0.1, -0.05) is 13.0 Å². The summed E-state index contributed by atoms with van der Waals surface area (Å²) in [6.07, 6.45) is 5.90. The Balaban J connectivity index is 1.69. The minimum atomic E-state index is 0.401. The van der Waals surface area contributed by atoms with E-state index in [2.05, 4.69) is 28.6 Å². The molecule has 2 aliphatic carbocycles. The van der Waals surface area contributed by atoms with E-state index in [1.54, 1.807) is 7.05 Å². The third kappa shape index (κ3) is 3.14. The molecule has 3 rings (SSSR count). The van der Waals surface area contributed by atoms with E-state index in [1.165, 1.54) is 30.4 Å². The largest absolute Gasteiger partial charge is 0.508 e. The lowest BCUT2D eigenvalue weighted by Crippen LogP contribution is -2.38. The summed E-state index contributed by atoms with van der Waals surface area (Å²) in [6, 6.07) is 4.46. The summed E-state index contributed by atoms with van der Waals surface area (Å²) in [6.45, 7) is 2.88. The molecule has 0 bridgehead atoms. The standard InChI is InChI=1S/C17H25N3O/c1-11-9-15(11)20-17(18-2)19-10-14-13-6-4-3-5-12(13)7-8-16(14)21/h7-8,11,15,21H,3-6,9-10H2,1-2H3,(H2,18,19,20). The third-order valence-corrected chi connectivity index (χ3v) is 4.71. The molecule has 2 atom stereocenters. The van der Waals surface area contributed by atoms with Crippen LogP contribution in [-0.4, -0.2) is 24.2 Å². The Kier molecular flexibility index (Phi) is 4.04. The predicted molar refractivity (Wildman–Crippen MR) is 85.7 cm³/mol. The van der Waals surface area contributed by atoms with Gasteiger partial charge in [0, 0.05) is 25.2 Å². The Morgan fingerprint density at radius 1 is 1.33 bits per heavy atom. The van der Waals surface area contributed by atoms with Crippen LogP contribution < -0.4 is 10.6 Å². The molecule has 21 heavy (non-hydrogen) atoms. The number of fused-ring (bicyclic) bond motifs is 1. The topological polar surface area (TPSA) is 56.7 Å². The lowest BCUT2D eigenvalue weighted by Gasteiger charge is -2.21. The molecule has 1 aromatic carbocycles. The zero-order valence-corrected chi connectivity index (χ0v) is 12.9. The third-order valence-electron chi connectivity index (χ3n) is 4.71. The number of hydrogen-bond donors (Lipinski definition) is 3. The van der Waals surface area contributed by atoms with Crippen LogP contribution in [-0.2, 0) is 19.4 Å². The molecule has 114 valence electrons. The van der Waals surface area contributed by atoms with Gasteiger partial charge >= 0.3 is 0 Å². The predicted octanol–water partition coefficient (Wildman–Crippen LogP) is 2.34. The number of rotatable bonds is 3. The quantitative estimate of drug-likeness (QED) is 0.591. The molecule has 1 saturated carbocycles. The van der Waals surface area contributed by atoms with E-state index in [4.69, 9.17) is 0 Å². The van der Waals surface area contributed by atoms with E-state index in [0.29, 0.717) is 18.3 Å².